The fourth-order valence-corrected chi connectivity index (χ4v) is 2.99. The fourth-order valence-electron chi connectivity index (χ4n) is 2.99. The molecule has 116 valence electrons. The lowest BCUT2D eigenvalue weighted by atomic mass is 10.0. The van der Waals surface area contributed by atoms with Crippen molar-refractivity contribution in [3.8, 4) is 0 Å². The molecule has 0 unspecified atom stereocenters. The van der Waals surface area contributed by atoms with Crippen molar-refractivity contribution < 1.29 is 9.59 Å². The van der Waals surface area contributed by atoms with Gasteiger partial charge in [0, 0.05) is 25.7 Å². The molecule has 2 fully saturated rings. The summed E-state index contributed by atoms with van der Waals surface area (Å²) in [5, 5.41) is 2.73. The smallest absolute Gasteiger partial charge is 0.227 e. The summed E-state index contributed by atoms with van der Waals surface area (Å²) in [5.74, 6) is 0.116. The fraction of sp³-hybridized carbons (Fsp3) is 0.444. The zero-order valence-corrected chi connectivity index (χ0v) is 13.0. The second-order valence-electron chi connectivity index (χ2n) is 6.14. The Morgan fingerprint density at radius 3 is 2.14 bits per heavy atom. The molecule has 1 saturated carbocycles. The SMILES string of the molecule is CC(=O)Nc1ccc(CC(=O)N2CCC(=C3CC3)CC2)cc1. The highest BCUT2D eigenvalue weighted by atomic mass is 16.2. The van der Waals surface area contributed by atoms with Gasteiger partial charge in [0.25, 0.3) is 0 Å². The van der Waals surface area contributed by atoms with E-state index in [0.717, 1.165) is 37.2 Å². The molecule has 4 heteroatoms. The molecule has 1 aliphatic carbocycles. The van der Waals surface area contributed by atoms with Crippen molar-refractivity contribution in [3.63, 3.8) is 0 Å². The number of hydrogen-bond acceptors (Lipinski definition) is 2. The number of nitrogens with zero attached hydrogens (tertiary/aromatic N) is 1. The van der Waals surface area contributed by atoms with Crippen molar-refractivity contribution in [2.45, 2.75) is 39.0 Å². The van der Waals surface area contributed by atoms with E-state index in [0.29, 0.717) is 6.42 Å². The summed E-state index contributed by atoms with van der Waals surface area (Å²) in [5.41, 5.74) is 5.00. The highest BCUT2D eigenvalue weighted by Crippen LogP contribution is 2.36. The molecule has 0 spiro atoms. The van der Waals surface area contributed by atoms with Gasteiger partial charge >= 0.3 is 0 Å². The van der Waals surface area contributed by atoms with E-state index in [1.807, 2.05) is 29.2 Å². The van der Waals surface area contributed by atoms with Crippen LogP contribution in [0.5, 0.6) is 0 Å². The normalized spacial score (nSPS) is 17.4. The molecule has 1 heterocycles. The Kier molecular flexibility index (Phi) is 4.27. The highest BCUT2D eigenvalue weighted by Gasteiger charge is 2.24. The number of piperidine rings is 1. The van der Waals surface area contributed by atoms with Gasteiger partial charge < -0.3 is 10.2 Å². The summed E-state index contributed by atoms with van der Waals surface area (Å²) in [4.78, 5) is 25.3. The predicted molar refractivity (Wildman–Crippen MR) is 86.5 cm³/mol. The van der Waals surface area contributed by atoms with Crippen LogP contribution in [0.1, 0.15) is 38.2 Å². The molecule has 0 aromatic heterocycles. The first-order chi connectivity index (χ1) is 10.6. The van der Waals surface area contributed by atoms with E-state index in [1.54, 1.807) is 11.1 Å². The Balaban J connectivity index is 1.53. The standard InChI is InChI=1S/C18H22N2O2/c1-13(21)19-17-6-2-14(3-7-17)12-18(22)20-10-8-16(9-11-20)15-4-5-15/h2-3,6-7H,4-5,8-12H2,1H3,(H,19,21). The minimum atomic E-state index is -0.0854. The molecule has 0 bridgehead atoms. The lowest BCUT2D eigenvalue weighted by Gasteiger charge is -2.28. The molecule has 0 atom stereocenters. The third-order valence-electron chi connectivity index (χ3n) is 4.35. The number of carbonyl (C=O) groups is 2. The van der Waals surface area contributed by atoms with E-state index in [2.05, 4.69) is 5.32 Å². The van der Waals surface area contributed by atoms with E-state index in [1.165, 1.54) is 19.8 Å². The van der Waals surface area contributed by atoms with Crippen molar-refractivity contribution in [2.24, 2.45) is 0 Å². The molecular formula is C18H22N2O2. The van der Waals surface area contributed by atoms with Crippen LogP contribution in [-0.4, -0.2) is 29.8 Å². The molecule has 1 aromatic carbocycles. The maximum atomic E-state index is 12.4. The highest BCUT2D eigenvalue weighted by molar-refractivity contribution is 5.88. The van der Waals surface area contributed by atoms with Crippen molar-refractivity contribution in [1.82, 2.24) is 4.90 Å². The molecule has 1 N–H and O–H groups in total. The summed E-state index contributed by atoms with van der Waals surface area (Å²) in [6, 6.07) is 7.50. The number of anilines is 1. The van der Waals surface area contributed by atoms with Crippen molar-refractivity contribution in [1.29, 1.82) is 0 Å². The average Bonchev–Trinajstić information content (AvgIpc) is 3.34. The zero-order chi connectivity index (χ0) is 15.5. The third-order valence-corrected chi connectivity index (χ3v) is 4.35. The summed E-state index contributed by atoms with van der Waals surface area (Å²) in [7, 11) is 0. The molecular weight excluding hydrogens is 276 g/mol. The van der Waals surface area contributed by atoms with E-state index < -0.39 is 0 Å². The van der Waals surface area contributed by atoms with Crippen molar-refractivity contribution in [3.05, 3.63) is 41.0 Å². The number of benzene rings is 1. The van der Waals surface area contributed by atoms with Gasteiger partial charge in [-0.1, -0.05) is 23.3 Å². The summed E-state index contributed by atoms with van der Waals surface area (Å²) in [6.07, 6.45) is 5.12. The van der Waals surface area contributed by atoms with Gasteiger partial charge in [0.05, 0.1) is 6.42 Å². The van der Waals surface area contributed by atoms with Crippen LogP contribution in [0.4, 0.5) is 5.69 Å². The zero-order valence-electron chi connectivity index (χ0n) is 13.0. The average molecular weight is 298 g/mol. The van der Waals surface area contributed by atoms with Gasteiger partial charge in [-0.15, -0.1) is 0 Å². The Bertz CT molecular complexity index is 600. The van der Waals surface area contributed by atoms with Gasteiger partial charge in [-0.25, -0.2) is 0 Å². The molecule has 1 aromatic rings. The quantitative estimate of drug-likeness (QED) is 0.872. The largest absolute Gasteiger partial charge is 0.342 e. The number of amides is 2. The lowest BCUT2D eigenvalue weighted by Crippen LogP contribution is -2.37. The molecule has 3 rings (SSSR count). The van der Waals surface area contributed by atoms with Crippen molar-refractivity contribution >= 4 is 17.5 Å². The first kappa shape index (κ1) is 14.8. The maximum Gasteiger partial charge on any atom is 0.227 e. The lowest BCUT2D eigenvalue weighted by molar-refractivity contribution is -0.130. The van der Waals surface area contributed by atoms with Crippen LogP contribution in [0.3, 0.4) is 0 Å². The molecule has 0 radical (unpaired) electrons. The number of nitrogens with one attached hydrogen (secondary N) is 1. The minimum absolute atomic E-state index is 0.0854. The van der Waals surface area contributed by atoms with Gasteiger partial charge in [-0.2, -0.15) is 0 Å². The van der Waals surface area contributed by atoms with E-state index in [4.69, 9.17) is 0 Å². The van der Waals surface area contributed by atoms with Gasteiger partial charge in [0.2, 0.25) is 11.8 Å². The van der Waals surface area contributed by atoms with E-state index in [-0.39, 0.29) is 11.8 Å². The Labute approximate surface area is 131 Å². The predicted octanol–water partition coefficient (Wildman–Crippen LogP) is 2.90. The molecule has 22 heavy (non-hydrogen) atoms. The van der Waals surface area contributed by atoms with Crippen LogP contribution in [0.2, 0.25) is 0 Å². The maximum absolute atomic E-state index is 12.4. The summed E-state index contributed by atoms with van der Waals surface area (Å²) < 4.78 is 0. The van der Waals surface area contributed by atoms with Crippen LogP contribution in [0, 0.1) is 0 Å². The first-order valence-electron chi connectivity index (χ1n) is 7.96. The summed E-state index contributed by atoms with van der Waals surface area (Å²) >= 11 is 0. The number of allylic oxidation sites excluding steroid dienone is 1. The minimum Gasteiger partial charge on any atom is -0.342 e. The first-order valence-corrected chi connectivity index (χ1v) is 7.96. The van der Waals surface area contributed by atoms with Crippen LogP contribution >= 0.6 is 0 Å². The Morgan fingerprint density at radius 2 is 1.59 bits per heavy atom. The van der Waals surface area contributed by atoms with E-state index >= 15 is 0 Å². The van der Waals surface area contributed by atoms with Crippen LogP contribution in [-0.2, 0) is 16.0 Å². The molecule has 1 saturated heterocycles. The Morgan fingerprint density at radius 1 is 1.00 bits per heavy atom. The number of likely N-dealkylation sites (tertiary alicyclic amines) is 1. The third kappa shape index (κ3) is 3.75. The van der Waals surface area contributed by atoms with Crippen LogP contribution in [0.15, 0.2) is 35.4 Å². The number of carbonyl (C=O) groups excluding carboxylic acids is 2. The molecule has 2 amide bonds. The Hall–Kier alpha value is -2.10. The van der Waals surface area contributed by atoms with Crippen LogP contribution < -0.4 is 5.32 Å². The van der Waals surface area contributed by atoms with Crippen LogP contribution in [0.25, 0.3) is 0 Å². The monoisotopic (exact) mass is 298 g/mol. The molecule has 1 aliphatic heterocycles. The number of rotatable bonds is 3. The summed E-state index contributed by atoms with van der Waals surface area (Å²) in [6.45, 7) is 3.21. The topological polar surface area (TPSA) is 49.4 Å². The molecule has 2 aliphatic rings. The van der Waals surface area contributed by atoms with Gasteiger partial charge in [0.15, 0.2) is 0 Å². The van der Waals surface area contributed by atoms with Gasteiger partial charge in [-0.3, -0.25) is 9.59 Å². The molecule has 4 nitrogen and oxygen atoms in total. The van der Waals surface area contributed by atoms with E-state index in [9.17, 15) is 9.59 Å². The second kappa shape index (κ2) is 6.34. The number of hydrogen-bond donors (Lipinski definition) is 1. The van der Waals surface area contributed by atoms with Gasteiger partial charge in [-0.05, 0) is 43.4 Å². The van der Waals surface area contributed by atoms with Gasteiger partial charge in [0.1, 0.15) is 0 Å². The second-order valence-corrected chi connectivity index (χ2v) is 6.14. The van der Waals surface area contributed by atoms with Crippen molar-refractivity contribution in [2.75, 3.05) is 18.4 Å².